The lowest BCUT2D eigenvalue weighted by atomic mass is 9.98. The van der Waals surface area contributed by atoms with E-state index < -0.39 is 5.91 Å². The number of nitrogens with one attached hydrogen (secondary N) is 2. The first-order valence-corrected chi connectivity index (χ1v) is 9.54. The number of hydrogen-bond acceptors (Lipinski definition) is 3. The Bertz CT molecular complexity index is 987. The minimum Gasteiger partial charge on any atom is -0.386 e. The molecule has 0 atom stereocenters. The molecule has 0 aromatic heterocycles. The van der Waals surface area contributed by atoms with E-state index in [0.29, 0.717) is 11.6 Å². The van der Waals surface area contributed by atoms with Crippen LogP contribution in [0.4, 0.5) is 0 Å². The van der Waals surface area contributed by atoms with Gasteiger partial charge in [0.05, 0.1) is 6.04 Å². The highest BCUT2D eigenvalue weighted by atomic mass is 35.5. The van der Waals surface area contributed by atoms with Crippen LogP contribution in [0.1, 0.15) is 22.7 Å². The molecule has 0 aliphatic carbocycles. The second kappa shape index (κ2) is 10.1. The van der Waals surface area contributed by atoms with Crippen LogP contribution < -0.4 is 10.6 Å². The Hall–Kier alpha value is -3.55. The highest BCUT2D eigenvalue weighted by Gasteiger charge is 2.19. The minimum atomic E-state index is -0.447. The highest BCUT2D eigenvalue weighted by Crippen LogP contribution is 2.22. The van der Waals surface area contributed by atoms with Crippen molar-refractivity contribution in [3.05, 3.63) is 118 Å². The molecule has 0 aliphatic heterocycles. The molecule has 5 heteroatoms. The summed E-state index contributed by atoms with van der Waals surface area (Å²) in [5.74, 6) is -0.447. The van der Waals surface area contributed by atoms with Crippen LogP contribution in [0.5, 0.6) is 0 Å². The van der Waals surface area contributed by atoms with Crippen LogP contribution in [0, 0.1) is 11.3 Å². The molecular weight excluding hydrogens is 382 g/mol. The van der Waals surface area contributed by atoms with Crippen LogP contribution in [-0.2, 0) is 11.3 Å². The molecular formula is C24H20ClN3O. The third-order valence-corrected chi connectivity index (χ3v) is 4.77. The van der Waals surface area contributed by atoms with Gasteiger partial charge in [0.25, 0.3) is 5.91 Å². The second-order valence-corrected chi connectivity index (χ2v) is 6.78. The lowest BCUT2D eigenvalue weighted by molar-refractivity contribution is -0.117. The number of carbonyl (C=O) groups excluding carboxylic acids is 1. The van der Waals surface area contributed by atoms with Crippen molar-refractivity contribution in [2.45, 2.75) is 12.6 Å². The molecule has 0 bridgehead atoms. The Kier molecular flexibility index (Phi) is 7.05. The van der Waals surface area contributed by atoms with Gasteiger partial charge in [0.15, 0.2) is 0 Å². The molecule has 2 N–H and O–H groups in total. The van der Waals surface area contributed by atoms with Gasteiger partial charge in [0, 0.05) is 17.8 Å². The number of hydrogen-bond donors (Lipinski definition) is 2. The first-order valence-electron chi connectivity index (χ1n) is 9.17. The predicted octanol–water partition coefficient (Wildman–Crippen LogP) is 4.74. The molecule has 3 aromatic carbocycles. The van der Waals surface area contributed by atoms with E-state index in [1.54, 1.807) is 6.07 Å². The van der Waals surface area contributed by atoms with Gasteiger partial charge in [0.2, 0.25) is 0 Å². The Morgan fingerprint density at radius 2 is 1.48 bits per heavy atom. The molecule has 0 heterocycles. The monoisotopic (exact) mass is 401 g/mol. The molecule has 3 rings (SSSR count). The van der Waals surface area contributed by atoms with E-state index >= 15 is 0 Å². The van der Waals surface area contributed by atoms with E-state index in [4.69, 9.17) is 11.6 Å². The molecule has 0 saturated heterocycles. The Morgan fingerprint density at radius 3 is 2.03 bits per heavy atom. The largest absolute Gasteiger partial charge is 0.386 e. The first-order chi connectivity index (χ1) is 14.2. The number of rotatable bonds is 7. The van der Waals surface area contributed by atoms with Crippen LogP contribution in [0.15, 0.2) is 96.7 Å². The van der Waals surface area contributed by atoms with Gasteiger partial charge < -0.3 is 10.6 Å². The molecule has 0 unspecified atom stereocenters. The maximum Gasteiger partial charge on any atom is 0.264 e. The van der Waals surface area contributed by atoms with Gasteiger partial charge in [-0.15, -0.1) is 0 Å². The number of amides is 1. The molecule has 0 fully saturated rings. The van der Waals surface area contributed by atoms with Gasteiger partial charge in [-0.05, 0) is 22.8 Å². The van der Waals surface area contributed by atoms with Crippen LogP contribution in [-0.4, -0.2) is 5.91 Å². The standard InChI is InChI=1S/C24H20ClN3O/c25-22-14-8-7-13-20(22)16-27-17-21(15-26)24(29)28-23(18-9-3-1-4-10-18)19-11-5-2-6-12-19/h1-14,17,23,27H,16H2,(H,28,29)/b21-17-. The van der Waals surface area contributed by atoms with E-state index in [1.807, 2.05) is 84.9 Å². The SMILES string of the molecule is N#C/C(=C/NCc1ccccc1Cl)C(=O)NC(c1ccccc1)c1ccccc1. The van der Waals surface area contributed by atoms with Crippen molar-refractivity contribution in [1.29, 1.82) is 5.26 Å². The Labute approximate surface area is 175 Å². The Morgan fingerprint density at radius 1 is 0.931 bits per heavy atom. The highest BCUT2D eigenvalue weighted by molar-refractivity contribution is 6.31. The molecule has 29 heavy (non-hydrogen) atoms. The number of nitrogens with zero attached hydrogens (tertiary/aromatic N) is 1. The van der Waals surface area contributed by atoms with Gasteiger partial charge in [0.1, 0.15) is 11.6 Å². The van der Waals surface area contributed by atoms with Gasteiger partial charge in [-0.3, -0.25) is 4.79 Å². The number of nitriles is 1. The number of halogens is 1. The summed E-state index contributed by atoms with van der Waals surface area (Å²) in [5, 5.41) is 16.0. The van der Waals surface area contributed by atoms with Crippen LogP contribution in [0.25, 0.3) is 0 Å². The van der Waals surface area contributed by atoms with Crippen molar-refractivity contribution in [3.63, 3.8) is 0 Å². The fraction of sp³-hybridized carbons (Fsp3) is 0.0833. The summed E-state index contributed by atoms with van der Waals surface area (Å²) < 4.78 is 0. The van der Waals surface area contributed by atoms with Crippen molar-refractivity contribution in [2.24, 2.45) is 0 Å². The van der Waals surface area contributed by atoms with Crippen molar-refractivity contribution >= 4 is 17.5 Å². The summed E-state index contributed by atoms with van der Waals surface area (Å²) in [7, 11) is 0. The van der Waals surface area contributed by atoms with E-state index in [-0.39, 0.29) is 11.6 Å². The van der Waals surface area contributed by atoms with E-state index in [2.05, 4.69) is 10.6 Å². The third-order valence-electron chi connectivity index (χ3n) is 4.40. The van der Waals surface area contributed by atoms with E-state index in [1.165, 1.54) is 6.20 Å². The number of carbonyl (C=O) groups is 1. The van der Waals surface area contributed by atoms with Crippen LogP contribution >= 0.6 is 11.6 Å². The molecule has 4 nitrogen and oxygen atoms in total. The predicted molar refractivity (Wildman–Crippen MR) is 115 cm³/mol. The maximum atomic E-state index is 12.8. The average molecular weight is 402 g/mol. The Balaban J connectivity index is 1.75. The fourth-order valence-electron chi connectivity index (χ4n) is 2.91. The molecule has 144 valence electrons. The zero-order chi connectivity index (χ0) is 20.5. The summed E-state index contributed by atoms with van der Waals surface area (Å²) in [4.78, 5) is 12.8. The van der Waals surface area contributed by atoms with Crippen molar-refractivity contribution in [2.75, 3.05) is 0 Å². The van der Waals surface area contributed by atoms with E-state index in [9.17, 15) is 10.1 Å². The molecule has 1 amide bonds. The van der Waals surface area contributed by atoms with Gasteiger partial charge in [-0.2, -0.15) is 5.26 Å². The molecule has 0 spiro atoms. The lowest BCUT2D eigenvalue weighted by Gasteiger charge is -2.19. The zero-order valence-corrected chi connectivity index (χ0v) is 16.4. The lowest BCUT2D eigenvalue weighted by Crippen LogP contribution is -2.30. The minimum absolute atomic E-state index is 0.00563. The topological polar surface area (TPSA) is 64.9 Å². The summed E-state index contributed by atoms with van der Waals surface area (Å²) in [6, 6.07) is 28.3. The van der Waals surface area contributed by atoms with Crippen LogP contribution in [0.2, 0.25) is 5.02 Å². The van der Waals surface area contributed by atoms with Crippen molar-refractivity contribution in [1.82, 2.24) is 10.6 Å². The fourth-order valence-corrected chi connectivity index (χ4v) is 3.11. The van der Waals surface area contributed by atoms with E-state index in [0.717, 1.165) is 16.7 Å². The second-order valence-electron chi connectivity index (χ2n) is 6.37. The summed E-state index contributed by atoms with van der Waals surface area (Å²) in [6.07, 6.45) is 1.42. The smallest absolute Gasteiger partial charge is 0.264 e. The van der Waals surface area contributed by atoms with Crippen molar-refractivity contribution in [3.8, 4) is 6.07 Å². The van der Waals surface area contributed by atoms with Gasteiger partial charge in [-0.1, -0.05) is 90.5 Å². The number of benzene rings is 3. The molecule has 0 aliphatic rings. The summed E-state index contributed by atoms with van der Waals surface area (Å²) in [6.45, 7) is 0.416. The van der Waals surface area contributed by atoms with Gasteiger partial charge in [-0.25, -0.2) is 0 Å². The first kappa shape index (κ1) is 20.2. The average Bonchev–Trinajstić information content (AvgIpc) is 2.77. The normalized spacial score (nSPS) is 11.0. The zero-order valence-electron chi connectivity index (χ0n) is 15.7. The third kappa shape index (κ3) is 5.47. The molecule has 3 aromatic rings. The van der Waals surface area contributed by atoms with Crippen molar-refractivity contribution < 1.29 is 4.79 Å². The van der Waals surface area contributed by atoms with Crippen LogP contribution in [0.3, 0.4) is 0 Å². The summed E-state index contributed by atoms with van der Waals surface area (Å²) >= 11 is 6.14. The maximum absolute atomic E-state index is 12.8. The van der Waals surface area contributed by atoms with Gasteiger partial charge >= 0.3 is 0 Å². The quantitative estimate of drug-likeness (QED) is 0.443. The summed E-state index contributed by atoms with van der Waals surface area (Å²) in [5.41, 5.74) is 2.75. The molecule has 0 radical (unpaired) electrons. The molecule has 0 saturated carbocycles.